The second-order valence-electron chi connectivity index (χ2n) is 7.57. The van der Waals surface area contributed by atoms with Crippen LogP contribution in [0.3, 0.4) is 0 Å². The molecular formula is C30H21F2IrN4. The normalized spacial score (nSPS) is 9.57. The number of nitrogens with zero attached hydrogens (tertiary/aromatic N) is 4. The van der Waals surface area contributed by atoms with E-state index >= 15 is 0 Å². The summed E-state index contributed by atoms with van der Waals surface area (Å²) in [5, 5.41) is 6.25. The number of aromatic nitrogens is 3. The molecule has 0 saturated heterocycles. The fourth-order valence-corrected chi connectivity index (χ4v) is 3.50. The van der Waals surface area contributed by atoms with Gasteiger partial charge in [0.2, 0.25) is 0 Å². The standard InChI is InChI=1S/C18H15N2.C11H6F2N.CN.Ir/c1-13-11-14(2)16(18-8-4-6-10-20-18)12-15(13)17-7-3-5-9-19-17;12-8-4-5-9(10(13)7-8)11-3-1-2-6-14-11;1-2;/h3-11H,1-2H3;1-4,6-7H;;/q3*-1;+3. The van der Waals surface area contributed by atoms with Gasteiger partial charge in [0, 0.05) is 41.6 Å². The van der Waals surface area contributed by atoms with E-state index in [2.05, 4.69) is 47.0 Å². The van der Waals surface area contributed by atoms with Gasteiger partial charge in [0.15, 0.2) is 0 Å². The van der Waals surface area contributed by atoms with Gasteiger partial charge in [-0.2, -0.15) is 0 Å². The molecule has 0 bridgehead atoms. The molecule has 0 saturated carbocycles. The first kappa shape index (κ1) is 29.1. The molecule has 0 fully saturated rings. The van der Waals surface area contributed by atoms with Crippen molar-refractivity contribution in [2.75, 3.05) is 0 Å². The van der Waals surface area contributed by atoms with Crippen LogP contribution in [0.5, 0.6) is 0 Å². The monoisotopic (exact) mass is 668 g/mol. The number of hydrogen-bond acceptors (Lipinski definition) is 4. The van der Waals surface area contributed by atoms with Crippen molar-refractivity contribution in [2.45, 2.75) is 13.8 Å². The summed E-state index contributed by atoms with van der Waals surface area (Å²) in [6, 6.07) is 27.0. The Morgan fingerprint density at radius 3 is 1.49 bits per heavy atom. The fraction of sp³-hybridized carbons (Fsp3) is 0.0667. The Bertz CT molecular complexity index is 1370. The van der Waals surface area contributed by atoms with Crippen LogP contribution in [0.15, 0.2) is 91.4 Å². The second-order valence-corrected chi connectivity index (χ2v) is 7.57. The summed E-state index contributed by atoms with van der Waals surface area (Å²) in [6.07, 6.45) is 5.16. The van der Waals surface area contributed by atoms with Crippen LogP contribution >= 0.6 is 0 Å². The summed E-state index contributed by atoms with van der Waals surface area (Å²) in [6.45, 7) is 8.94. The summed E-state index contributed by atoms with van der Waals surface area (Å²) in [5.74, 6) is -1.29. The van der Waals surface area contributed by atoms with Gasteiger partial charge >= 0.3 is 20.1 Å². The Balaban J connectivity index is 0.000000250. The van der Waals surface area contributed by atoms with Gasteiger partial charge in [0.1, 0.15) is 0 Å². The summed E-state index contributed by atoms with van der Waals surface area (Å²) in [5.41, 5.74) is 6.97. The molecule has 3 heterocycles. The van der Waals surface area contributed by atoms with E-state index in [0.29, 0.717) is 5.69 Å². The van der Waals surface area contributed by atoms with E-state index in [1.54, 1.807) is 24.4 Å². The molecule has 184 valence electrons. The third-order valence-electron chi connectivity index (χ3n) is 5.09. The summed E-state index contributed by atoms with van der Waals surface area (Å²) in [4.78, 5) is 12.8. The van der Waals surface area contributed by atoms with E-state index in [0.717, 1.165) is 34.6 Å². The maximum absolute atomic E-state index is 13.2. The maximum Gasteiger partial charge on any atom is 3.00 e. The minimum absolute atomic E-state index is 0. The van der Waals surface area contributed by atoms with E-state index in [9.17, 15) is 8.78 Å². The molecule has 5 aromatic rings. The van der Waals surface area contributed by atoms with E-state index in [-0.39, 0.29) is 25.7 Å². The molecule has 0 unspecified atom stereocenters. The molecule has 0 aliphatic heterocycles. The number of aryl methyl sites for hydroxylation is 2. The zero-order valence-electron chi connectivity index (χ0n) is 20.0. The summed E-state index contributed by atoms with van der Waals surface area (Å²) >= 11 is 0. The first-order valence-electron chi connectivity index (χ1n) is 10.9. The molecule has 0 N–H and O–H groups in total. The van der Waals surface area contributed by atoms with Gasteiger partial charge in [-0.05, 0) is 23.9 Å². The zero-order chi connectivity index (χ0) is 25.9. The number of hydrogen-bond donors (Lipinski definition) is 0. The molecular weight excluding hydrogens is 647 g/mol. The average Bonchev–Trinajstić information content (AvgIpc) is 2.92. The van der Waals surface area contributed by atoms with Crippen molar-refractivity contribution in [1.82, 2.24) is 15.0 Å². The van der Waals surface area contributed by atoms with Crippen molar-refractivity contribution in [3.63, 3.8) is 0 Å². The van der Waals surface area contributed by atoms with Gasteiger partial charge in [-0.1, -0.05) is 73.0 Å². The molecule has 0 aliphatic carbocycles. The molecule has 3 aromatic heterocycles. The Morgan fingerprint density at radius 1 is 0.676 bits per heavy atom. The maximum atomic E-state index is 13.2. The molecule has 0 atom stereocenters. The molecule has 0 radical (unpaired) electrons. The third-order valence-corrected chi connectivity index (χ3v) is 5.09. The minimum atomic E-state index is -0.649. The van der Waals surface area contributed by atoms with Crippen LogP contribution in [0.4, 0.5) is 8.78 Å². The molecule has 2 aromatic carbocycles. The Morgan fingerprint density at radius 2 is 1.11 bits per heavy atom. The molecule has 0 amide bonds. The van der Waals surface area contributed by atoms with Gasteiger partial charge < -0.3 is 16.8 Å². The van der Waals surface area contributed by atoms with Crippen molar-refractivity contribution in [3.05, 3.63) is 133 Å². The van der Waals surface area contributed by atoms with Crippen molar-refractivity contribution < 1.29 is 28.9 Å². The van der Waals surface area contributed by atoms with E-state index in [1.807, 2.05) is 48.8 Å². The first-order valence-corrected chi connectivity index (χ1v) is 10.9. The first-order chi connectivity index (χ1) is 17.5. The molecule has 4 nitrogen and oxygen atoms in total. The smallest absolute Gasteiger partial charge is 0.512 e. The van der Waals surface area contributed by atoms with E-state index < -0.39 is 11.6 Å². The second kappa shape index (κ2) is 14.4. The molecule has 5 rings (SSSR count). The SMILES string of the molecule is Cc1cc(C)c(-c2ccccn2)[c-]c1-c1ccccn1.Fc1c[c-]c(-c2ccccn2)c(F)c1.[C-]#N.[Ir+3]. The third kappa shape index (κ3) is 7.68. The van der Waals surface area contributed by atoms with Crippen LogP contribution in [0.2, 0.25) is 0 Å². The van der Waals surface area contributed by atoms with Gasteiger partial charge in [-0.3, -0.25) is 18.7 Å². The predicted octanol–water partition coefficient (Wildman–Crippen LogP) is 7.15. The Labute approximate surface area is 229 Å². The number of halogens is 2. The van der Waals surface area contributed by atoms with Gasteiger partial charge in [0.25, 0.3) is 0 Å². The summed E-state index contributed by atoms with van der Waals surface area (Å²) < 4.78 is 25.8. The van der Waals surface area contributed by atoms with Crippen LogP contribution in [-0.2, 0) is 20.1 Å². The van der Waals surface area contributed by atoms with Crippen LogP contribution in [0.1, 0.15) is 11.1 Å². The molecule has 0 aliphatic rings. The van der Waals surface area contributed by atoms with Crippen molar-refractivity contribution in [3.8, 4) is 33.8 Å². The van der Waals surface area contributed by atoms with Crippen molar-refractivity contribution >= 4 is 0 Å². The Kier molecular flexibility index (Phi) is 11.4. The van der Waals surface area contributed by atoms with Gasteiger partial charge in [-0.15, -0.1) is 35.4 Å². The van der Waals surface area contributed by atoms with Gasteiger partial charge in [0.05, 0.1) is 0 Å². The quantitative estimate of drug-likeness (QED) is 0.192. The van der Waals surface area contributed by atoms with Crippen LogP contribution in [0, 0.1) is 49.4 Å². The topological polar surface area (TPSA) is 62.5 Å². The van der Waals surface area contributed by atoms with Crippen LogP contribution < -0.4 is 0 Å². The average molecular weight is 668 g/mol. The predicted molar refractivity (Wildman–Crippen MR) is 135 cm³/mol. The van der Waals surface area contributed by atoms with Crippen molar-refractivity contribution in [2.24, 2.45) is 0 Å². The van der Waals surface area contributed by atoms with Crippen molar-refractivity contribution in [1.29, 1.82) is 5.26 Å². The number of pyridine rings is 3. The molecule has 0 spiro atoms. The number of benzene rings is 2. The Hall–Kier alpha value is -4.11. The van der Waals surface area contributed by atoms with Crippen LogP contribution in [0.25, 0.3) is 33.8 Å². The summed E-state index contributed by atoms with van der Waals surface area (Å²) in [7, 11) is 0. The molecule has 37 heavy (non-hydrogen) atoms. The minimum Gasteiger partial charge on any atom is -0.512 e. The van der Waals surface area contributed by atoms with E-state index in [1.165, 1.54) is 11.1 Å². The van der Waals surface area contributed by atoms with Gasteiger partial charge in [-0.25, -0.2) is 0 Å². The zero-order valence-corrected chi connectivity index (χ0v) is 22.4. The fourth-order valence-electron chi connectivity index (χ4n) is 3.50. The van der Waals surface area contributed by atoms with Crippen LogP contribution in [-0.4, -0.2) is 15.0 Å². The largest absolute Gasteiger partial charge is 3.00 e. The number of rotatable bonds is 3. The molecule has 7 heteroatoms. The van der Waals surface area contributed by atoms with E-state index in [4.69, 9.17) is 11.8 Å².